The maximum Gasteiger partial charge on any atom is 0.257 e. The van der Waals surface area contributed by atoms with Crippen LogP contribution in [0.25, 0.3) is 0 Å². The van der Waals surface area contributed by atoms with E-state index in [1.807, 2.05) is 0 Å². The Kier molecular flexibility index (Phi) is 3.08. The summed E-state index contributed by atoms with van der Waals surface area (Å²) in [5.41, 5.74) is 6.84. The topological polar surface area (TPSA) is 86.5 Å². The minimum Gasteiger partial charge on any atom is -0.454 e. The number of nitrogens with zero attached hydrogens (tertiary/aromatic N) is 1. The van der Waals surface area contributed by atoms with Crippen LogP contribution < -0.4 is 20.5 Å². The van der Waals surface area contributed by atoms with E-state index in [2.05, 4.69) is 10.3 Å². The Morgan fingerprint density at radius 1 is 1.35 bits per heavy atom. The molecule has 0 bridgehead atoms. The van der Waals surface area contributed by atoms with E-state index in [1.54, 1.807) is 12.1 Å². The third kappa shape index (κ3) is 2.21. The molecule has 7 heteroatoms. The number of anilines is 2. The quantitative estimate of drug-likeness (QED) is 0.829. The minimum absolute atomic E-state index is 0.119. The van der Waals surface area contributed by atoms with Gasteiger partial charge in [0.2, 0.25) is 6.79 Å². The number of carbonyl (C=O) groups excluding carboxylic acids is 1. The summed E-state index contributed by atoms with van der Waals surface area (Å²) in [6, 6.07) is 4.68. The zero-order valence-corrected chi connectivity index (χ0v) is 11.0. The lowest BCUT2D eigenvalue weighted by Crippen LogP contribution is -2.14. The van der Waals surface area contributed by atoms with Crippen molar-refractivity contribution in [2.45, 2.75) is 0 Å². The van der Waals surface area contributed by atoms with E-state index < -0.39 is 5.91 Å². The molecule has 0 atom stereocenters. The second-order valence-corrected chi connectivity index (χ2v) is 4.51. The first-order valence-electron chi connectivity index (χ1n) is 5.75. The van der Waals surface area contributed by atoms with Crippen molar-refractivity contribution < 1.29 is 14.3 Å². The van der Waals surface area contributed by atoms with E-state index in [0.29, 0.717) is 27.9 Å². The average molecular weight is 292 g/mol. The molecule has 1 amide bonds. The highest BCUT2D eigenvalue weighted by Gasteiger charge is 2.20. The molecule has 102 valence electrons. The number of halogens is 1. The predicted molar refractivity (Wildman–Crippen MR) is 74.2 cm³/mol. The molecule has 20 heavy (non-hydrogen) atoms. The molecule has 0 saturated carbocycles. The molecule has 0 radical (unpaired) electrons. The minimum atomic E-state index is -0.393. The molecule has 0 unspecified atom stereocenters. The van der Waals surface area contributed by atoms with Crippen LogP contribution in [0.2, 0.25) is 5.02 Å². The molecule has 0 saturated heterocycles. The Labute approximate surface area is 119 Å². The molecule has 1 aliphatic rings. The van der Waals surface area contributed by atoms with Crippen LogP contribution in [0.4, 0.5) is 11.4 Å². The molecule has 6 nitrogen and oxygen atoms in total. The number of aromatic nitrogens is 1. The van der Waals surface area contributed by atoms with Crippen LogP contribution >= 0.6 is 11.6 Å². The Morgan fingerprint density at radius 3 is 2.85 bits per heavy atom. The first-order valence-corrected chi connectivity index (χ1v) is 6.13. The Hall–Kier alpha value is -2.47. The molecule has 3 rings (SSSR count). The van der Waals surface area contributed by atoms with E-state index in [4.69, 9.17) is 26.8 Å². The number of benzene rings is 1. The van der Waals surface area contributed by atoms with Gasteiger partial charge in [-0.2, -0.15) is 0 Å². The fraction of sp³-hybridized carbons (Fsp3) is 0.0769. The van der Waals surface area contributed by atoms with E-state index in [-0.39, 0.29) is 12.4 Å². The number of nitrogens with one attached hydrogen (secondary N) is 1. The molecule has 0 fully saturated rings. The summed E-state index contributed by atoms with van der Waals surface area (Å²) in [5.74, 6) is 0.621. The molecule has 2 aromatic rings. The van der Waals surface area contributed by atoms with Gasteiger partial charge in [-0.25, -0.2) is 0 Å². The fourth-order valence-corrected chi connectivity index (χ4v) is 1.97. The zero-order chi connectivity index (χ0) is 14.1. The van der Waals surface area contributed by atoms with Gasteiger partial charge in [-0.1, -0.05) is 11.6 Å². The lowest BCUT2D eigenvalue weighted by Gasteiger charge is -2.09. The smallest absolute Gasteiger partial charge is 0.257 e. The van der Waals surface area contributed by atoms with Crippen LogP contribution in [0.5, 0.6) is 11.5 Å². The molecule has 1 aromatic heterocycles. The standard InChI is InChI=1S/C13H10ClN3O3/c14-8-1-2-16-5-10(8)17-13(18)7-3-11-12(4-9(7)15)20-6-19-11/h1-5H,6,15H2,(H,17,18). The largest absolute Gasteiger partial charge is 0.454 e. The summed E-state index contributed by atoms with van der Waals surface area (Å²) in [6.45, 7) is 0.119. The number of pyridine rings is 1. The van der Waals surface area contributed by atoms with Crippen LogP contribution in [0.15, 0.2) is 30.6 Å². The van der Waals surface area contributed by atoms with Gasteiger partial charge >= 0.3 is 0 Å². The molecular weight excluding hydrogens is 282 g/mol. The maximum atomic E-state index is 12.2. The molecule has 0 spiro atoms. The van der Waals surface area contributed by atoms with Crippen LogP contribution in [-0.2, 0) is 0 Å². The Morgan fingerprint density at radius 2 is 2.10 bits per heavy atom. The van der Waals surface area contributed by atoms with Gasteiger partial charge in [0.05, 0.1) is 22.5 Å². The number of hydrogen-bond donors (Lipinski definition) is 2. The zero-order valence-electron chi connectivity index (χ0n) is 10.2. The van der Waals surface area contributed by atoms with Gasteiger partial charge in [0, 0.05) is 18.0 Å². The molecule has 1 aliphatic heterocycles. The number of ether oxygens (including phenoxy) is 2. The van der Waals surface area contributed by atoms with E-state index >= 15 is 0 Å². The van der Waals surface area contributed by atoms with Crippen molar-refractivity contribution in [3.63, 3.8) is 0 Å². The molecule has 0 aliphatic carbocycles. The number of fused-ring (bicyclic) bond motifs is 1. The number of nitrogen functional groups attached to an aromatic ring is 1. The Bertz CT molecular complexity index is 691. The van der Waals surface area contributed by atoms with Gasteiger partial charge in [-0.05, 0) is 12.1 Å². The highest BCUT2D eigenvalue weighted by Crippen LogP contribution is 2.36. The number of nitrogens with two attached hydrogens (primary N) is 1. The summed E-state index contributed by atoms with van der Waals surface area (Å²) in [5, 5.41) is 3.04. The van der Waals surface area contributed by atoms with E-state index in [1.165, 1.54) is 18.5 Å². The first-order chi connectivity index (χ1) is 9.65. The van der Waals surface area contributed by atoms with Crippen LogP contribution in [0.3, 0.4) is 0 Å². The van der Waals surface area contributed by atoms with Gasteiger partial charge in [0.15, 0.2) is 11.5 Å². The van der Waals surface area contributed by atoms with Crippen LogP contribution in [0, 0.1) is 0 Å². The van der Waals surface area contributed by atoms with Crippen molar-refractivity contribution in [1.82, 2.24) is 4.98 Å². The van der Waals surface area contributed by atoms with Gasteiger partial charge < -0.3 is 20.5 Å². The average Bonchev–Trinajstić information content (AvgIpc) is 2.87. The van der Waals surface area contributed by atoms with Crippen LogP contribution in [0.1, 0.15) is 10.4 Å². The molecule has 3 N–H and O–H groups in total. The number of amides is 1. The van der Waals surface area contributed by atoms with Crippen molar-refractivity contribution in [1.29, 1.82) is 0 Å². The highest BCUT2D eigenvalue weighted by molar-refractivity contribution is 6.33. The lowest BCUT2D eigenvalue weighted by molar-refractivity contribution is 0.102. The van der Waals surface area contributed by atoms with Crippen molar-refractivity contribution in [3.05, 3.63) is 41.2 Å². The SMILES string of the molecule is Nc1cc2c(cc1C(=O)Nc1cnccc1Cl)OCO2. The second kappa shape index (κ2) is 4.90. The number of hydrogen-bond acceptors (Lipinski definition) is 5. The van der Waals surface area contributed by atoms with Crippen molar-refractivity contribution >= 4 is 28.9 Å². The van der Waals surface area contributed by atoms with Crippen molar-refractivity contribution in [2.75, 3.05) is 17.8 Å². The van der Waals surface area contributed by atoms with E-state index in [0.717, 1.165) is 0 Å². The van der Waals surface area contributed by atoms with Crippen molar-refractivity contribution in [2.24, 2.45) is 0 Å². The fourth-order valence-electron chi connectivity index (χ4n) is 1.81. The van der Waals surface area contributed by atoms with Gasteiger partial charge in [0.1, 0.15) is 0 Å². The van der Waals surface area contributed by atoms with Crippen LogP contribution in [-0.4, -0.2) is 17.7 Å². The molecule has 2 heterocycles. The summed E-state index contributed by atoms with van der Waals surface area (Å²) >= 11 is 5.96. The Balaban J connectivity index is 1.90. The maximum absolute atomic E-state index is 12.2. The third-order valence-electron chi connectivity index (χ3n) is 2.81. The second-order valence-electron chi connectivity index (χ2n) is 4.10. The molecule has 1 aromatic carbocycles. The van der Waals surface area contributed by atoms with E-state index in [9.17, 15) is 4.79 Å². The normalized spacial score (nSPS) is 12.2. The first kappa shape index (κ1) is 12.6. The summed E-state index contributed by atoms with van der Waals surface area (Å²) in [4.78, 5) is 16.1. The highest BCUT2D eigenvalue weighted by atomic mass is 35.5. The monoisotopic (exact) mass is 291 g/mol. The van der Waals surface area contributed by atoms with Gasteiger partial charge in [-0.3, -0.25) is 9.78 Å². The summed E-state index contributed by atoms with van der Waals surface area (Å²) < 4.78 is 10.4. The van der Waals surface area contributed by atoms with Gasteiger partial charge in [-0.15, -0.1) is 0 Å². The number of carbonyl (C=O) groups is 1. The summed E-state index contributed by atoms with van der Waals surface area (Å²) in [7, 11) is 0. The predicted octanol–water partition coefficient (Wildman–Crippen LogP) is 2.30. The lowest BCUT2D eigenvalue weighted by atomic mass is 10.1. The molecular formula is C13H10ClN3O3. The number of rotatable bonds is 2. The third-order valence-corrected chi connectivity index (χ3v) is 3.14. The van der Waals surface area contributed by atoms with Gasteiger partial charge in [0.25, 0.3) is 5.91 Å². The van der Waals surface area contributed by atoms with Crippen molar-refractivity contribution in [3.8, 4) is 11.5 Å². The summed E-state index contributed by atoms with van der Waals surface area (Å²) in [6.07, 6.45) is 3.00.